The highest BCUT2D eigenvalue weighted by molar-refractivity contribution is 5.83. The zero-order valence-electron chi connectivity index (χ0n) is 29.5. The zero-order valence-corrected chi connectivity index (χ0v) is 29.5. The molecule has 264 valence electrons. The first-order valence-electron chi connectivity index (χ1n) is 16.5. The molecule has 3 aromatic heterocycles. The van der Waals surface area contributed by atoms with Crippen LogP contribution in [0.4, 0.5) is 13.6 Å². The molecule has 0 spiro atoms. The molecule has 3 heterocycles. The summed E-state index contributed by atoms with van der Waals surface area (Å²) in [5, 5.41) is 4.78. The van der Waals surface area contributed by atoms with Crippen LogP contribution in [0, 0.1) is 18.6 Å². The monoisotopic (exact) mass is 681 g/mol. The number of aryl methyl sites for hydroxylation is 2. The van der Waals surface area contributed by atoms with E-state index in [4.69, 9.17) is 29.0 Å². The molecule has 11 nitrogen and oxygen atoms in total. The fourth-order valence-corrected chi connectivity index (χ4v) is 5.95. The second kappa shape index (κ2) is 14.2. The SMILES string of the molecule is CCOCOC1(c2nn(C)c(C)c2CCOc2c(-c3ccc4c(n3)c(CN(C)C(=O)OC(C)(C)C)cc(=O)n4C)ccc(F)c2F)CCC1. The Kier molecular flexibility index (Phi) is 10.4. The predicted octanol–water partition coefficient (Wildman–Crippen LogP) is 6.30. The molecule has 13 heteroatoms. The second-order valence-electron chi connectivity index (χ2n) is 13.4. The molecule has 1 amide bonds. The first-order chi connectivity index (χ1) is 23.2. The fourth-order valence-electron chi connectivity index (χ4n) is 5.95. The Balaban J connectivity index is 1.46. The van der Waals surface area contributed by atoms with Crippen LogP contribution in [0.3, 0.4) is 0 Å². The molecule has 1 saturated carbocycles. The number of ether oxygens (including phenoxy) is 4. The largest absolute Gasteiger partial charge is 0.489 e. The van der Waals surface area contributed by atoms with E-state index in [0.717, 1.165) is 42.3 Å². The van der Waals surface area contributed by atoms with Gasteiger partial charge in [0.1, 0.15) is 18.0 Å². The standard InChI is InChI=1S/C36H45F2N5O6/c1-9-46-21-48-36(16-10-17-36)33-24(22(2)43(8)40-33)15-18-47-32-25(11-12-26(37)30(32)38)27-13-14-28-31(39-27)23(19-29(44)42(28)7)20-41(6)34(45)49-35(3,4)5/h11-14,19H,9-10,15-18,20-21H2,1-8H3. The van der Waals surface area contributed by atoms with Crippen LogP contribution < -0.4 is 10.3 Å². The number of halogens is 2. The maximum Gasteiger partial charge on any atom is 0.410 e. The Morgan fingerprint density at radius 1 is 1.12 bits per heavy atom. The van der Waals surface area contributed by atoms with E-state index in [1.807, 2.05) is 20.9 Å². The van der Waals surface area contributed by atoms with Crippen LogP contribution in [-0.4, -0.2) is 63.0 Å². The topological polar surface area (TPSA) is 110 Å². The van der Waals surface area contributed by atoms with Crippen molar-refractivity contribution in [1.82, 2.24) is 24.2 Å². The number of fused-ring (bicyclic) bond motifs is 1. The van der Waals surface area contributed by atoms with Crippen molar-refractivity contribution in [3.05, 3.63) is 74.8 Å². The van der Waals surface area contributed by atoms with Gasteiger partial charge in [-0.25, -0.2) is 14.2 Å². The van der Waals surface area contributed by atoms with Gasteiger partial charge in [0.15, 0.2) is 11.6 Å². The predicted molar refractivity (Wildman–Crippen MR) is 180 cm³/mol. The number of hydrogen-bond donors (Lipinski definition) is 0. The lowest BCUT2D eigenvalue weighted by Gasteiger charge is -2.40. The molecule has 0 unspecified atom stereocenters. The summed E-state index contributed by atoms with van der Waals surface area (Å²) in [4.78, 5) is 31.7. The van der Waals surface area contributed by atoms with Crippen LogP contribution >= 0.6 is 0 Å². The molecule has 0 radical (unpaired) electrons. The zero-order chi connectivity index (χ0) is 35.7. The van der Waals surface area contributed by atoms with Crippen LogP contribution in [0.1, 0.15) is 69.5 Å². The number of aromatic nitrogens is 4. The third-order valence-electron chi connectivity index (χ3n) is 8.88. The van der Waals surface area contributed by atoms with Crippen LogP contribution in [0.2, 0.25) is 0 Å². The van der Waals surface area contributed by atoms with E-state index in [2.05, 4.69) is 0 Å². The van der Waals surface area contributed by atoms with Crippen molar-refractivity contribution in [2.75, 3.05) is 27.1 Å². The van der Waals surface area contributed by atoms with E-state index in [1.54, 1.807) is 51.7 Å². The van der Waals surface area contributed by atoms with Gasteiger partial charge in [-0.2, -0.15) is 9.49 Å². The Morgan fingerprint density at radius 3 is 2.51 bits per heavy atom. The lowest BCUT2D eigenvalue weighted by Crippen LogP contribution is -2.39. The number of amides is 1. The summed E-state index contributed by atoms with van der Waals surface area (Å²) in [7, 11) is 5.04. The molecule has 0 N–H and O–H groups in total. The Hall–Kier alpha value is -4.36. The minimum absolute atomic E-state index is 0.0294. The lowest BCUT2D eigenvalue weighted by atomic mass is 9.75. The number of carbonyl (C=O) groups excluding carboxylic acids is 1. The third-order valence-corrected chi connectivity index (χ3v) is 8.88. The van der Waals surface area contributed by atoms with Crippen molar-refractivity contribution >= 4 is 17.1 Å². The molecule has 1 aliphatic carbocycles. The maximum absolute atomic E-state index is 15.5. The molecule has 5 rings (SSSR count). The Bertz CT molecular complexity index is 1910. The van der Waals surface area contributed by atoms with Gasteiger partial charge in [-0.3, -0.25) is 9.48 Å². The Morgan fingerprint density at radius 2 is 1.86 bits per heavy atom. The van der Waals surface area contributed by atoms with E-state index in [1.165, 1.54) is 21.6 Å². The van der Waals surface area contributed by atoms with Crippen LogP contribution in [0.15, 0.2) is 35.1 Å². The minimum atomic E-state index is -1.14. The van der Waals surface area contributed by atoms with E-state index in [9.17, 15) is 14.0 Å². The van der Waals surface area contributed by atoms with E-state index in [0.29, 0.717) is 35.3 Å². The number of nitrogens with zero attached hydrogens (tertiary/aromatic N) is 5. The Labute approximate surface area is 284 Å². The summed E-state index contributed by atoms with van der Waals surface area (Å²) in [5.74, 6) is -2.47. The van der Waals surface area contributed by atoms with Gasteiger partial charge in [0.25, 0.3) is 5.56 Å². The molecule has 1 aliphatic rings. The smallest absolute Gasteiger partial charge is 0.410 e. The van der Waals surface area contributed by atoms with Crippen molar-refractivity contribution in [3.8, 4) is 17.0 Å². The van der Waals surface area contributed by atoms with E-state index in [-0.39, 0.29) is 36.8 Å². The molecule has 0 aliphatic heterocycles. The van der Waals surface area contributed by atoms with Gasteiger partial charge >= 0.3 is 6.09 Å². The van der Waals surface area contributed by atoms with Gasteiger partial charge in [-0.05, 0) is 78.1 Å². The molecular formula is C36H45F2N5O6. The summed E-state index contributed by atoms with van der Waals surface area (Å²) in [6.07, 6.45) is 2.42. The first kappa shape index (κ1) is 35.9. The number of carbonyl (C=O) groups is 1. The third kappa shape index (κ3) is 7.47. The van der Waals surface area contributed by atoms with Crippen LogP contribution in [0.5, 0.6) is 5.75 Å². The molecule has 1 aromatic carbocycles. The van der Waals surface area contributed by atoms with Crippen molar-refractivity contribution < 1.29 is 32.5 Å². The number of hydrogen-bond acceptors (Lipinski definition) is 8. The second-order valence-corrected chi connectivity index (χ2v) is 13.4. The molecule has 49 heavy (non-hydrogen) atoms. The summed E-state index contributed by atoms with van der Waals surface area (Å²) >= 11 is 0. The van der Waals surface area contributed by atoms with Crippen LogP contribution in [-0.2, 0) is 46.9 Å². The molecule has 0 bridgehead atoms. The van der Waals surface area contributed by atoms with Crippen molar-refractivity contribution in [2.45, 2.75) is 78.0 Å². The highest BCUT2D eigenvalue weighted by Gasteiger charge is 2.44. The first-order valence-corrected chi connectivity index (χ1v) is 16.5. The molecular weight excluding hydrogens is 636 g/mol. The average Bonchev–Trinajstić information content (AvgIpc) is 3.30. The average molecular weight is 682 g/mol. The van der Waals surface area contributed by atoms with Gasteiger partial charge in [-0.1, -0.05) is 0 Å². The van der Waals surface area contributed by atoms with Gasteiger partial charge in [0, 0.05) is 62.6 Å². The molecule has 1 fully saturated rings. The van der Waals surface area contributed by atoms with E-state index < -0.39 is 28.9 Å². The summed E-state index contributed by atoms with van der Waals surface area (Å²) < 4.78 is 56.6. The van der Waals surface area contributed by atoms with E-state index >= 15 is 4.39 Å². The van der Waals surface area contributed by atoms with Gasteiger partial charge < -0.3 is 28.4 Å². The van der Waals surface area contributed by atoms with Crippen LogP contribution in [0.25, 0.3) is 22.3 Å². The number of benzene rings is 1. The minimum Gasteiger partial charge on any atom is -0.489 e. The van der Waals surface area contributed by atoms with Gasteiger partial charge in [0.05, 0.1) is 35.6 Å². The van der Waals surface area contributed by atoms with Crippen molar-refractivity contribution in [1.29, 1.82) is 0 Å². The fraction of sp³-hybridized carbons (Fsp3) is 0.500. The molecule has 0 atom stereocenters. The quantitative estimate of drug-likeness (QED) is 0.127. The van der Waals surface area contributed by atoms with Crippen molar-refractivity contribution in [2.24, 2.45) is 14.1 Å². The normalized spacial score (nSPS) is 14.2. The maximum atomic E-state index is 15.5. The summed E-state index contributed by atoms with van der Waals surface area (Å²) in [6, 6.07) is 7.17. The molecule has 0 saturated heterocycles. The highest BCUT2D eigenvalue weighted by Crippen LogP contribution is 2.46. The van der Waals surface area contributed by atoms with Gasteiger partial charge in [-0.15, -0.1) is 0 Å². The van der Waals surface area contributed by atoms with Crippen molar-refractivity contribution in [3.63, 3.8) is 0 Å². The summed E-state index contributed by atoms with van der Waals surface area (Å²) in [5.41, 5.74) is 3.04. The lowest BCUT2D eigenvalue weighted by molar-refractivity contribution is -0.180. The molecule has 4 aromatic rings. The highest BCUT2D eigenvalue weighted by atomic mass is 19.2. The van der Waals surface area contributed by atoms with Gasteiger partial charge in [0.2, 0.25) is 5.82 Å². The number of pyridine rings is 2. The number of rotatable bonds is 12. The summed E-state index contributed by atoms with van der Waals surface area (Å²) in [6.45, 7) is 9.92.